The van der Waals surface area contributed by atoms with Crippen molar-refractivity contribution in [1.82, 2.24) is 20.3 Å². The van der Waals surface area contributed by atoms with Crippen LogP contribution in [0.25, 0.3) is 0 Å². The van der Waals surface area contributed by atoms with Crippen LogP contribution in [0.1, 0.15) is 29.5 Å². The first-order valence-corrected chi connectivity index (χ1v) is 17.1. The van der Waals surface area contributed by atoms with Crippen molar-refractivity contribution >= 4 is 45.0 Å². The number of benzene rings is 2. The second-order valence-corrected chi connectivity index (χ2v) is 13.2. The Kier molecular flexibility index (Phi) is 15.6. The van der Waals surface area contributed by atoms with Crippen LogP contribution in [0, 0.1) is 0 Å². The highest BCUT2D eigenvalue weighted by atomic mass is 35.5. The first kappa shape index (κ1) is 38.1. The molecule has 1 aliphatic heterocycles. The van der Waals surface area contributed by atoms with Crippen LogP contribution in [0.3, 0.4) is 0 Å². The Bertz CT molecular complexity index is 1420. The van der Waals surface area contributed by atoms with Crippen molar-refractivity contribution in [2.75, 3.05) is 72.9 Å². The van der Waals surface area contributed by atoms with E-state index in [0.29, 0.717) is 23.1 Å². The molecule has 0 aliphatic carbocycles. The second kappa shape index (κ2) is 18.8. The molecular weight excluding hydrogens is 663 g/mol. The molecule has 2 aromatic rings. The molecule has 0 fully saturated rings. The Labute approximate surface area is 279 Å². The van der Waals surface area contributed by atoms with E-state index in [1.54, 1.807) is 31.2 Å². The summed E-state index contributed by atoms with van der Waals surface area (Å²) in [6.07, 6.45) is -3.74. The van der Waals surface area contributed by atoms with Gasteiger partial charge in [-0.25, -0.2) is 13.1 Å². The number of carbonyl (C=O) groups excluding carboxylic acids is 2. The van der Waals surface area contributed by atoms with Gasteiger partial charge in [-0.1, -0.05) is 35.3 Å². The van der Waals surface area contributed by atoms with Crippen LogP contribution in [0.2, 0.25) is 10.0 Å². The zero-order valence-electron chi connectivity index (χ0n) is 25.8. The molecule has 256 valence electrons. The normalized spacial score (nSPS) is 16.4. The summed E-state index contributed by atoms with van der Waals surface area (Å²) in [5, 5.41) is 25.2. The number of ether oxygens (including phenoxy) is 3. The number of carbonyl (C=O) groups is 2. The molecule has 1 heterocycles. The molecule has 13 nitrogen and oxygen atoms in total. The van der Waals surface area contributed by atoms with E-state index >= 15 is 0 Å². The minimum absolute atomic E-state index is 0.0664. The lowest BCUT2D eigenvalue weighted by atomic mass is 9.85. The summed E-state index contributed by atoms with van der Waals surface area (Å²) in [5.41, 5.74) is 2.83. The van der Waals surface area contributed by atoms with E-state index < -0.39 is 34.0 Å². The Morgan fingerprint density at radius 3 is 2.20 bits per heavy atom. The van der Waals surface area contributed by atoms with Gasteiger partial charge in [0.15, 0.2) is 12.2 Å². The third kappa shape index (κ3) is 11.4. The second-order valence-electron chi connectivity index (χ2n) is 10.6. The van der Waals surface area contributed by atoms with Crippen molar-refractivity contribution < 1.29 is 42.4 Å². The highest BCUT2D eigenvalue weighted by molar-refractivity contribution is 7.89. The van der Waals surface area contributed by atoms with E-state index in [9.17, 15) is 28.2 Å². The van der Waals surface area contributed by atoms with E-state index in [1.165, 1.54) is 0 Å². The Balaban J connectivity index is 1.30. The van der Waals surface area contributed by atoms with Crippen molar-refractivity contribution in [3.8, 4) is 0 Å². The maximum absolute atomic E-state index is 13.0. The molecular formula is C30H42Cl2N4O9S. The van der Waals surface area contributed by atoms with Crippen molar-refractivity contribution in [3.63, 3.8) is 0 Å². The molecule has 3 rings (SSSR count). The number of fused-ring (bicyclic) bond motifs is 1. The van der Waals surface area contributed by atoms with E-state index in [4.69, 9.17) is 37.4 Å². The summed E-state index contributed by atoms with van der Waals surface area (Å²) in [5.74, 6) is -1.81. The number of aliphatic hydroxyl groups excluding tert-OH is 2. The quantitative estimate of drug-likeness (QED) is 0.132. The molecule has 3 atom stereocenters. The maximum atomic E-state index is 13.0. The summed E-state index contributed by atoms with van der Waals surface area (Å²) < 4.78 is 44.7. The number of likely N-dealkylation sites (N-methyl/N-ethyl adjacent to an activating group) is 2. The van der Waals surface area contributed by atoms with Gasteiger partial charge in [0.1, 0.15) is 0 Å². The fraction of sp³-hybridized carbons (Fsp3) is 0.533. The van der Waals surface area contributed by atoms with Gasteiger partial charge in [-0.15, -0.1) is 0 Å². The zero-order valence-corrected chi connectivity index (χ0v) is 28.2. The monoisotopic (exact) mass is 704 g/mol. The molecule has 0 aromatic heterocycles. The molecule has 0 bridgehead atoms. The third-order valence-electron chi connectivity index (χ3n) is 7.08. The van der Waals surface area contributed by atoms with Crippen molar-refractivity contribution in [2.24, 2.45) is 0 Å². The van der Waals surface area contributed by atoms with Gasteiger partial charge in [0.25, 0.3) is 11.8 Å². The standard InChI is InChI=1S/C30H42Cl2N4O9S/c1-3-33-29(39)27(37)28(38)30(40)34-7-9-43-11-13-45-14-12-44-10-8-35-46(41,42)22-6-4-5-20(15-22)24-18-36(2)19-25-23(24)16-21(31)17-26(25)32/h4-6,15-17,24,27-28,35,37-38H,3,7-14,18-19H2,1-2H3,(H,33,39)(H,34,40)/t24?,27-,28-/m0/s1. The van der Waals surface area contributed by atoms with Crippen LogP contribution in [-0.4, -0.2) is 120 Å². The molecule has 0 saturated heterocycles. The van der Waals surface area contributed by atoms with Crippen LogP contribution < -0.4 is 15.4 Å². The Morgan fingerprint density at radius 2 is 1.54 bits per heavy atom. The number of amides is 2. The summed E-state index contributed by atoms with van der Waals surface area (Å²) in [6.45, 7) is 4.72. The average molecular weight is 706 g/mol. The molecule has 0 radical (unpaired) electrons. The first-order valence-electron chi connectivity index (χ1n) is 14.8. The predicted octanol–water partition coefficient (Wildman–Crippen LogP) is 0.873. The number of hydrogen-bond donors (Lipinski definition) is 5. The van der Waals surface area contributed by atoms with Gasteiger partial charge in [-0.3, -0.25) is 9.59 Å². The van der Waals surface area contributed by atoms with Crippen molar-refractivity contribution in [2.45, 2.75) is 36.5 Å². The van der Waals surface area contributed by atoms with E-state index in [1.807, 2.05) is 19.2 Å². The number of sulfonamides is 1. The van der Waals surface area contributed by atoms with Gasteiger partial charge in [-0.2, -0.15) is 0 Å². The molecule has 46 heavy (non-hydrogen) atoms. The van der Waals surface area contributed by atoms with Gasteiger partial charge < -0.3 is 40.0 Å². The van der Waals surface area contributed by atoms with E-state index in [0.717, 1.165) is 16.7 Å². The lowest BCUT2D eigenvalue weighted by Gasteiger charge is -2.33. The largest absolute Gasteiger partial charge is 0.380 e. The van der Waals surface area contributed by atoms with E-state index in [2.05, 4.69) is 20.3 Å². The molecule has 2 amide bonds. The topological polar surface area (TPSA) is 176 Å². The maximum Gasteiger partial charge on any atom is 0.252 e. The molecule has 1 aliphatic rings. The van der Waals surface area contributed by atoms with Crippen LogP contribution in [0.4, 0.5) is 0 Å². The summed E-state index contributed by atoms with van der Waals surface area (Å²) >= 11 is 12.8. The van der Waals surface area contributed by atoms with Crippen LogP contribution in [0.15, 0.2) is 41.3 Å². The lowest BCUT2D eigenvalue weighted by molar-refractivity contribution is -0.146. The third-order valence-corrected chi connectivity index (χ3v) is 9.09. The van der Waals surface area contributed by atoms with Gasteiger partial charge >= 0.3 is 0 Å². The first-order chi connectivity index (χ1) is 21.9. The number of rotatable bonds is 19. The highest BCUT2D eigenvalue weighted by Gasteiger charge is 2.30. The lowest BCUT2D eigenvalue weighted by Crippen LogP contribution is -2.49. The van der Waals surface area contributed by atoms with Crippen LogP contribution >= 0.6 is 23.2 Å². The minimum atomic E-state index is -3.78. The summed E-state index contributed by atoms with van der Waals surface area (Å²) in [6, 6.07) is 10.5. The van der Waals surface area contributed by atoms with Crippen LogP contribution in [0.5, 0.6) is 0 Å². The van der Waals surface area contributed by atoms with Crippen LogP contribution in [-0.2, 0) is 40.4 Å². The molecule has 5 N–H and O–H groups in total. The fourth-order valence-corrected chi connectivity index (χ4v) is 6.46. The Hall–Kier alpha value is -2.37. The zero-order chi connectivity index (χ0) is 33.7. The molecule has 0 spiro atoms. The van der Waals surface area contributed by atoms with Crippen molar-refractivity contribution in [3.05, 3.63) is 63.1 Å². The molecule has 16 heteroatoms. The number of halogens is 2. The number of nitrogens with one attached hydrogen (secondary N) is 3. The van der Waals surface area contributed by atoms with Gasteiger partial charge in [0, 0.05) is 48.7 Å². The SMILES string of the molecule is CCNC(=O)[C@@H](O)[C@H](O)C(=O)NCCOCCOCCOCCNS(=O)(=O)c1cccc(C2CN(C)Cc3c(Cl)cc(Cl)cc32)c1. The molecule has 1 unspecified atom stereocenters. The smallest absolute Gasteiger partial charge is 0.252 e. The number of aliphatic hydroxyl groups is 2. The highest BCUT2D eigenvalue weighted by Crippen LogP contribution is 2.38. The summed E-state index contributed by atoms with van der Waals surface area (Å²) in [7, 11) is -1.78. The Morgan fingerprint density at radius 1 is 0.935 bits per heavy atom. The summed E-state index contributed by atoms with van der Waals surface area (Å²) in [4.78, 5) is 25.6. The minimum Gasteiger partial charge on any atom is -0.380 e. The number of nitrogens with zero attached hydrogens (tertiary/aromatic N) is 1. The van der Waals surface area contributed by atoms with Gasteiger partial charge in [-0.05, 0) is 54.9 Å². The van der Waals surface area contributed by atoms with Gasteiger partial charge in [0.2, 0.25) is 10.0 Å². The fourth-order valence-electron chi connectivity index (χ4n) is 4.82. The average Bonchev–Trinajstić information content (AvgIpc) is 3.02. The predicted molar refractivity (Wildman–Crippen MR) is 172 cm³/mol. The molecule has 2 aromatic carbocycles. The number of hydrogen-bond acceptors (Lipinski definition) is 10. The molecule has 0 saturated carbocycles. The van der Waals surface area contributed by atoms with Gasteiger partial charge in [0.05, 0.1) is 44.5 Å². The van der Waals surface area contributed by atoms with E-state index in [-0.39, 0.29) is 70.1 Å². The van der Waals surface area contributed by atoms with Crippen molar-refractivity contribution in [1.29, 1.82) is 0 Å².